The third-order valence-corrected chi connectivity index (χ3v) is 6.54. The molecule has 6 heteroatoms. The van der Waals surface area contributed by atoms with E-state index in [4.69, 9.17) is 0 Å². The van der Waals surface area contributed by atoms with Gasteiger partial charge < -0.3 is 10.6 Å². The van der Waals surface area contributed by atoms with Crippen LogP contribution in [0.2, 0.25) is 0 Å². The van der Waals surface area contributed by atoms with Crippen molar-refractivity contribution in [1.29, 1.82) is 0 Å². The number of hydrogen-bond acceptors (Lipinski definition) is 4. The van der Waals surface area contributed by atoms with E-state index >= 15 is 0 Å². The van der Waals surface area contributed by atoms with E-state index in [0.717, 1.165) is 34.1 Å². The molecule has 29 heavy (non-hydrogen) atoms. The molecule has 0 spiro atoms. The highest BCUT2D eigenvalue weighted by Gasteiger charge is 2.40. The summed E-state index contributed by atoms with van der Waals surface area (Å²) in [4.78, 5) is 14.4. The lowest BCUT2D eigenvalue weighted by molar-refractivity contribution is -0.122. The number of thiophene rings is 1. The quantitative estimate of drug-likeness (QED) is 0.558. The minimum Gasteiger partial charge on any atom is -0.375 e. The number of nitrogens with one attached hydrogen (secondary N) is 2. The first kappa shape index (κ1) is 18.1. The number of fused-ring (bicyclic) bond motifs is 2. The van der Waals surface area contributed by atoms with E-state index in [2.05, 4.69) is 16.7 Å². The second-order valence-corrected chi connectivity index (χ2v) is 8.33. The monoisotopic (exact) mass is 408 g/mol. The molecule has 0 saturated heterocycles. The first-order valence-electron chi connectivity index (χ1n) is 9.45. The predicted molar refractivity (Wildman–Crippen MR) is 111 cm³/mol. The average molecular weight is 408 g/mol. The van der Waals surface area contributed by atoms with E-state index in [9.17, 15) is 13.6 Å². The topological polar surface area (TPSA) is 41.1 Å². The number of carbonyl (C=O) groups excluding carboxylic acids is 1. The van der Waals surface area contributed by atoms with Gasteiger partial charge in [-0.3, -0.25) is 4.79 Å². The summed E-state index contributed by atoms with van der Waals surface area (Å²) in [6, 6.07) is 14.2. The molecule has 3 aromatic rings. The van der Waals surface area contributed by atoms with Crippen molar-refractivity contribution in [2.45, 2.75) is 18.4 Å². The van der Waals surface area contributed by atoms with E-state index < -0.39 is 23.6 Å². The Kier molecular flexibility index (Phi) is 4.43. The Hall–Kier alpha value is -2.99. The van der Waals surface area contributed by atoms with Crippen molar-refractivity contribution >= 4 is 28.5 Å². The fourth-order valence-electron chi connectivity index (χ4n) is 4.20. The lowest BCUT2D eigenvalue weighted by atomic mass is 9.78. The maximum Gasteiger partial charge on any atom is 0.145 e. The number of rotatable bonds is 2. The molecule has 0 fully saturated rings. The Morgan fingerprint density at radius 1 is 1.00 bits per heavy atom. The van der Waals surface area contributed by atoms with Crippen molar-refractivity contribution in [3.63, 3.8) is 0 Å². The van der Waals surface area contributed by atoms with Gasteiger partial charge in [0.15, 0.2) is 0 Å². The molecular formula is C23H18F2N2OS. The van der Waals surface area contributed by atoms with Gasteiger partial charge in [0, 0.05) is 28.5 Å². The molecule has 1 aliphatic heterocycles. The van der Waals surface area contributed by atoms with Crippen molar-refractivity contribution in [1.82, 2.24) is 0 Å². The lowest BCUT2D eigenvalue weighted by Crippen LogP contribution is -2.34. The number of para-hydroxylation sites is 2. The highest BCUT2D eigenvalue weighted by molar-refractivity contribution is 7.10. The molecule has 2 aromatic carbocycles. The standard InChI is InChI=1S/C23H18F2N2OS/c24-14-7-8-16(25)15(12-14)23-22-19(26-17-4-1-2-5-18(17)27-23)10-13(11-20(22)28)21-6-3-9-29-21/h1-10,12-13,22-23,26-27H,11H2. The van der Waals surface area contributed by atoms with Crippen LogP contribution in [0.15, 0.2) is 71.8 Å². The number of benzene rings is 2. The van der Waals surface area contributed by atoms with Crippen LogP contribution in [0, 0.1) is 17.6 Å². The van der Waals surface area contributed by atoms with Crippen LogP contribution in [0.25, 0.3) is 0 Å². The van der Waals surface area contributed by atoms with Gasteiger partial charge >= 0.3 is 0 Å². The molecule has 3 nitrogen and oxygen atoms in total. The molecule has 2 heterocycles. The fourth-order valence-corrected chi connectivity index (χ4v) is 5.00. The third kappa shape index (κ3) is 3.23. The molecule has 3 unspecified atom stereocenters. The molecule has 0 amide bonds. The van der Waals surface area contributed by atoms with Crippen LogP contribution >= 0.6 is 11.3 Å². The van der Waals surface area contributed by atoms with Crippen molar-refractivity contribution in [2.24, 2.45) is 5.92 Å². The molecule has 0 saturated carbocycles. The van der Waals surface area contributed by atoms with Gasteiger partial charge in [-0.2, -0.15) is 0 Å². The first-order valence-corrected chi connectivity index (χ1v) is 10.3. The number of allylic oxidation sites excluding steroid dienone is 1. The molecule has 0 bridgehead atoms. The van der Waals surface area contributed by atoms with E-state index in [1.165, 1.54) is 6.07 Å². The summed E-state index contributed by atoms with van der Waals surface area (Å²) < 4.78 is 28.7. The summed E-state index contributed by atoms with van der Waals surface area (Å²) in [5, 5.41) is 8.67. The summed E-state index contributed by atoms with van der Waals surface area (Å²) in [5.41, 5.74) is 2.44. The van der Waals surface area contributed by atoms with Crippen LogP contribution in [-0.4, -0.2) is 5.78 Å². The van der Waals surface area contributed by atoms with Gasteiger partial charge in [-0.25, -0.2) is 8.78 Å². The van der Waals surface area contributed by atoms with E-state index in [-0.39, 0.29) is 17.3 Å². The van der Waals surface area contributed by atoms with Crippen LogP contribution in [0.1, 0.15) is 28.8 Å². The summed E-state index contributed by atoms with van der Waals surface area (Å²) in [7, 11) is 0. The minimum absolute atomic E-state index is 0.00219. The van der Waals surface area contributed by atoms with Gasteiger partial charge in [0.1, 0.15) is 17.4 Å². The summed E-state index contributed by atoms with van der Waals surface area (Å²) >= 11 is 1.61. The predicted octanol–water partition coefficient (Wildman–Crippen LogP) is 5.86. The number of Topliss-reactive ketones (excluding diaryl/α,β-unsaturated/α-hetero) is 1. The van der Waals surface area contributed by atoms with Gasteiger partial charge in [0.25, 0.3) is 0 Å². The molecular weight excluding hydrogens is 390 g/mol. The highest BCUT2D eigenvalue weighted by atomic mass is 32.1. The number of ketones is 1. The zero-order chi connectivity index (χ0) is 20.0. The van der Waals surface area contributed by atoms with Crippen LogP contribution in [0.5, 0.6) is 0 Å². The average Bonchev–Trinajstić information content (AvgIpc) is 3.19. The van der Waals surface area contributed by atoms with Crippen molar-refractivity contribution in [2.75, 3.05) is 10.6 Å². The fraction of sp³-hybridized carbons (Fsp3) is 0.174. The second kappa shape index (κ2) is 7.12. The van der Waals surface area contributed by atoms with Crippen molar-refractivity contribution in [3.8, 4) is 0 Å². The maximum absolute atomic E-state index is 14.7. The highest BCUT2D eigenvalue weighted by Crippen LogP contribution is 2.45. The van der Waals surface area contributed by atoms with Crippen LogP contribution in [-0.2, 0) is 4.79 Å². The molecule has 1 aliphatic carbocycles. The lowest BCUT2D eigenvalue weighted by Gasteiger charge is -2.32. The smallest absolute Gasteiger partial charge is 0.145 e. The van der Waals surface area contributed by atoms with Gasteiger partial charge in [-0.15, -0.1) is 11.3 Å². The molecule has 0 radical (unpaired) electrons. The zero-order valence-corrected chi connectivity index (χ0v) is 16.2. The van der Waals surface area contributed by atoms with E-state index in [1.54, 1.807) is 11.3 Å². The summed E-state index contributed by atoms with van der Waals surface area (Å²) in [5.74, 6) is -1.71. The SMILES string of the molecule is O=C1CC(c2cccs2)C=C2Nc3ccccc3NC(c3cc(F)ccc3F)C12. The largest absolute Gasteiger partial charge is 0.375 e. The number of hydrogen-bond donors (Lipinski definition) is 2. The Bertz CT molecular complexity index is 1110. The number of anilines is 2. The second-order valence-electron chi connectivity index (χ2n) is 7.35. The summed E-state index contributed by atoms with van der Waals surface area (Å²) in [6.07, 6.45) is 2.40. The van der Waals surface area contributed by atoms with E-state index in [1.807, 2.05) is 41.8 Å². The van der Waals surface area contributed by atoms with Crippen LogP contribution in [0.4, 0.5) is 20.2 Å². The Balaban J connectivity index is 1.67. The van der Waals surface area contributed by atoms with Crippen molar-refractivity contribution < 1.29 is 13.6 Å². The third-order valence-electron chi connectivity index (χ3n) is 5.54. The summed E-state index contributed by atoms with van der Waals surface area (Å²) in [6.45, 7) is 0. The molecule has 2 aliphatic rings. The van der Waals surface area contributed by atoms with Gasteiger partial charge in [0.2, 0.25) is 0 Å². The normalized spacial score (nSPS) is 23.2. The Labute approximate surface area is 171 Å². The van der Waals surface area contributed by atoms with Gasteiger partial charge in [0.05, 0.1) is 23.3 Å². The van der Waals surface area contributed by atoms with Crippen molar-refractivity contribution in [3.05, 3.63) is 93.8 Å². The van der Waals surface area contributed by atoms with Gasteiger partial charge in [-0.05, 0) is 41.8 Å². The van der Waals surface area contributed by atoms with Crippen LogP contribution < -0.4 is 10.6 Å². The maximum atomic E-state index is 14.7. The van der Waals surface area contributed by atoms with E-state index in [0.29, 0.717) is 6.42 Å². The number of carbonyl (C=O) groups is 1. The number of halogens is 2. The minimum atomic E-state index is -0.704. The zero-order valence-electron chi connectivity index (χ0n) is 15.4. The molecule has 2 N–H and O–H groups in total. The molecule has 3 atom stereocenters. The Morgan fingerprint density at radius 2 is 1.83 bits per heavy atom. The van der Waals surface area contributed by atoms with Gasteiger partial charge in [-0.1, -0.05) is 24.3 Å². The van der Waals surface area contributed by atoms with Crippen LogP contribution in [0.3, 0.4) is 0 Å². The molecule has 146 valence electrons. The first-order chi connectivity index (χ1) is 14.1. The molecule has 5 rings (SSSR count). The Morgan fingerprint density at radius 3 is 2.62 bits per heavy atom. The molecule has 1 aromatic heterocycles.